The molecule has 9 nitrogen and oxygen atoms in total. The van der Waals surface area contributed by atoms with Crippen LogP contribution in [0.5, 0.6) is 0 Å². The summed E-state index contributed by atoms with van der Waals surface area (Å²) in [5.74, 6) is 0.730. The molecule has 10 heteroatoms. The Morgan fingerprint density at radius 2 is 1.97 bits per heavy atom. The molecule has 0 unspecified atom stereocenters. The van der Waals surface area contributed by atoms with Crippen molar-refractivity contribution in [1.82, 2.24) is 10.3 Å². The number of rotatable bonds is 11. The van der Waals surface area contributed by atoms with Gasteiger partial charge in [-0.25, -0.2) is 13.4 Å². The highest BCUT2D eigenvalue weighted by Crippen LogP contribution is 2.26. The average molecular weight is 450 g/mol. The molecule has 1 heterocycles. The molecule has 6 N–H and O–H groups in total. The van der Waals surface area contributed by atoms with Gasteiger partial charge in [-0.3, -0.25) is 10.1 Å². The quantitative estimate of drug-likeness (QED) is 0.327. The standard InChI is InChI=1S/C21H31N5O4S/c1-13(2)8-18(20(22)28)25-19-9-15(11-23-12-27)14(3)21(26-19)24-16-6-5-7-17(10-16)31(4,29)30/h5-7,9-10,13,18,23,27H,8,11-12H2,1-4H3,(H2,22,28)(H2,24,25,26)/t18-/m1/s1. The van der Waals surface area contributed by atoms with Crippen molar-refractivity contribution in [1.29, 1.82) is 0 Å². The molecule has 0 aliphatic rings. The number of nitrogens with two attached hydrogens (primary N) is 1. The van der Waals surface area contributed by atoms with E-state index in [1.165, 1.54) is 12.1 Å². The van der Waals surface area contributed by atoms with E-state index in [0.717, 1.165) is 17.4 Å². The molecule has 0 aliphatic carbocycles. The third kappa shape index (κ3) is 7.20. The Balaban J connectivity index is 2.43. The Morgan fingerprint density at radius 3 is 2.55 bits per heavy atom. The van der Waals surface area contributed by atoms with Crippen LogP contribution in [-0.4, -0.2) is 43.4 Å². The van der Waals surface area contributed by atoms with Crippen molar-refractivity contribution in [2.45, 2.75) is 44.7 Å². The van der Waals surface area contributed by atoms with Gasteiger partial charge < -0.3 is 21.5 Å². The molecule has 0 bridgehead atoms. The summed E-state index contributed by atoms with van der Waals surface area (Å²) in [5.41, 5.74) is 7.78. The smallest absolute Gasteiger partial charge is 0.239 e. The van der Waals surface area contributed by atoms with Crippen LogP contribution in [0.1, 0.15) is 31.4 Å². The van der Waals surface area contributed by atoms with E-state index >= 15 is 0 Å². The maximum absolute atomic E-state index is 11.9. The van der Waals surface area contributed by atoms with E-state index in [2.05, 4.69) is 20.9 Å². The molecule has 0 radical (unpaired) electrons. The van der Waals surface area contributed by atoms with Gasteiger partial charge >= 0.3 is 0 Å². The lowest BCUT2D eigenvalue weighted by Crippen LogP contribution is -2.36. The Labute approximate surface area is 183 Å². The SMILES string of the molecule is Cc1c(CNCO)cc(N[C@H](CC(C)C)C(N)=O)nc1Nc1cccc(S(C)(=O)=O)c1. The summed E-state index contributed by atoms with van der Waals surface area (Å²) in [7, 11) is -3.35. The number of aromatic nitrogens is 1. The molecular weight excluding hydrogens is 418 g/mol. The van der Waals surface area contributed by atoms with Crippen molar-refractivity contribution < 1.29 is 18.3 Å². The van der Waals surface area contributed by atoms with Gasteiger partial charge in [-0.05, 0) is 54.7 Å². The zero-order chi connectivity index (χ0) is 23.2. The second-order valence-electron chi connectivity index (χ2n) is 7.88. The lowest BCUT2D eigenvalue weighted by Gasteiger charge is -2.21. The Morgan fingerprint density at radius 1 is 1.26 bits per heavy atom. The van der Waals surface area contributed by atoms with E-state index in [9.17, 15) is 13.2 Å². The highest BCUT2D eigenvalue weighted by molar-refractivity contribution is 7.90. The molecule has 2 aromatic rings. The normalized spacial score (nSPS) is 12.6. The summed E-state index contributed by atoms with van der Waals surface area (Å²) in [4.78, 5) is 16.7. The van der Waals surface area contributed by atoms with E-state index < -0.39 is 21.8 Å². The molecule has 0 aliphatic heterocycles. The van der Waals surface area contributed by atoms with Crippen molar-refractivity contribution >= 4 is 33.1 Å². The number of amides is 1. The minimum absolute atomic E-state index is 0.192. The third-order valence-electron chi connectivity index (χ3n) is 4.70. The van der Waals surface area contributed by atoms with Crippen molar-refractivity contribution in [2.24, 2.45) is 11.7 Å². The van der Waals surface area contributed by atoms with Crippen LogP contribution in [-0.2, 0) is 21.2 Å². The zero-order valence-electron chi connectivity index (χ0n) is 18.3. The fourth-order valence-electron chi connectivity index (χ4n) is 3.07. The number of aliphatic hydroxyl groups excluding tert-OH is 1. The number of carbonyl (C=O) groups excluding carboxylic acids is 1. The summed E-state index contributed by atoms with van der Waals surface area (Å²) in [5, 5.41) is 18.3. The van der Waals surface area contributed by atoms with Crippen molar-refractivity contribution in [2.75, 3.05) is 23.6 Å². The Kier molecular flexibility index (Phi) is 8.37. The van der Waals surface area contributed by atoms with Crippen LogP contribution < -0.4 is 21.7 Å². The largest absolute Gasteiger partial charge is 0.381 e. The van der Waals surface area contributed by atoms with Crippen LogP contribution >= 0.6 is 0 Å². The van der Waals surface area contributed by atoms with Gasteiger partial charge in [-0.15, -0.1) is 0 Å². The molecule has 170 valence electrons. The molecule has 1 atom stereocenters. The molecule has 2 rings (SSSR count). The van der Waals surface area contributed by atoms with Crippen molar-refractivity contribution in [3.8, 4) is 0 Å². The molecule has 0 saturated heterocycles. The van der Waals surface area contributed by atoms with E-state index in [-0.39, 0.29) is 17.5 Å². The first kappa shape index (κ1) is 24.6. The number of aliphatic hydroxyl groups is 1. The van der Waals surface area contributed by atoms with Crippen LogP contribution in [0.3, 0.4) is 0 Å². The molecule has 31 heavy (non-hydrogen) atoms. The van der Waals surface area contributed by atoms with Gasteiger partial charge in [0, 0.05) is 18.5 Å². The Hall–Kier alpha value is -2.69. The van der Waals surface area contributed by atoms with E-state index in [1.54, 1.807) is 18.2 Å². The molecule has 0 saturated carbocycles. The lowest BCUT2D eigenvalue weighted by molar-refractivity contribution is -0.119. The van der Waals surface area contributed by atoms with E-state index in [0.29, 0.717) is 30.3 Å². The predicted molar refractivity (Wildman–Crippen MR) is 122 cm³/mol. The molecular formula is C21H31N5O4S. The number of benzene rings is 1. The number of primary amides is 1. The van der Waals surface area contributed by atoms with Crippen LogP contribution in [0, 0.1) is 12.8 Å². The molecule has 0 fully saturated rings. The fourth-order valence-corrected chi connectivity index (χ4v) is 3.74. The number of hydrogen-bond donors (Lipinski definition) is 5. The topological polar surface area (TPSA) is 146 Å². The van der Waals surface area contributed by atoms with Crippen LogP contribution in [0.4, 0.5) is 17.3 Å². The zero-order valence-corrected chi connectivity index (χ0v) is 19.1. The van der Waals surface area contributed by atoms with E-state index in [4.69, 9.17) is 10.8 Å². The fraction of sp³-hybridized carbons (Fsp3) is 0.429. The van der Waals surface area contributed by atoms with Gasteiger partial charge in [0.2, 0.25) is 5.91 Å². The van der Waals surface area contributed by atoms with E-state index in [1.807, 2.05) is 20.8 Å². The summed E-state index contributed by atoms with van der Waals surface area (Å²) in [6, 6.07) is 7.66. The van der Waals surface area contributed by atoms with Gasteiger partial charge in [-0.2, -0.15) is 0 Å². The number of anilines is 3. The second kappa shape index (κ2) is 10.6. The second-order valence-corrected chi connectivity index (χ2v) is 9.89. The van der Waals surface area contributed by atoms with Gasteiger partial charge in [0.05, 0.1) is 11.6 Å². The molecule has 0 spiro atoms. The van der Waals surface area contributed by atoms with Crippen LogP contribution in [0.15, 0.2) is 35.2 Å². The number of hydrogen-bond acceptors (Lipinski definition) is 8. The maximum Gasteiger partial charge on any atom is 0.239 e. The summed E-state index contributed by atoms with van der Waals surface area (Å²) in [6.45, 7) is 6.05. The van der Waals surface area contributed by atoms with Crippen molar-refractivity contribution in [3.05, 3.63) is 41.5 Å². The predicted octanol–water partition coefficient (Wildman–Crippen LogP) is 1.89. The van der Waals surface area contributed by atoms with Crippen LogP contribution in [0.2, 0.25) is 0 Å². The van der Waals surface area contributed by atoms with Gasteiger partial charge in [0.15, 0.2) is 9.84 Å². The number of sulfone groups is 1. The summed E-state index contributed by atoms with van der Waals surface area (Å²) < 4.78 is 23.7. The maximum atomic E-state index is 11.9. The van der Waals surface area contributed by atoms with Gasteiger partial charge in [0.1, 0.15) is 17.7 Å². The number of carbonyl (C=O) groups is 1. The summed E-state index contributed by atoms with van der Waals surface area (Å²) >= 11 is 0. The average Bonchev–Trinajstić information content (AvgIpc) is 2.68. The minimum Gasteiger partial charge on any atom is -0.381 e. The highest BCUT2D eigenvalue weighted by atomic mass is 32.2. The molecule has 1 aromatic heterocycles. The Bertz CT molecular complexity index is 1020. The minimum atomic E-state index is -3.35. The van der Waals surface area contributed by atoms with Crippen molar-refractivity contribution in [3.63, 3.8) is 0 Å². The monoisotopic (exact) mass is 449 g/mol. The number of pyridine rings is 1. The first-order valence-corrected chi connectivity index (χ1v) is 11.9. The first-order valence-electron chi connectivity index (χ1n) is 9.96. The molecule has 1 amide bonds. The van der Waals surface area contributed by atoms with Gasteiger partial charge in [0.25, 0.3) is 0 Å². The number of nitrogens with zero attached hydrogens (tertiary/aromatic N) is 1. The molecule has 1 aromatic carbocycles. The highest BCUT2D eigenvalue weighted by Gasteiger charge is 2.19. The third-order valence-corrected chi connectivity index (χ3v) is 5.82. The lowest BCUT2D eigenvalue weighted by atomic mass is 10.0. The van der Waals surface area contributed by atoms with Gasteiger partial charge in [-0.1, -0.05) is 19.9 Å². The number of nitrogens with one attached hydrogen (secondary N) is 3. The summed E-state index contributed by atoms with van der Waals surface area (Å²) in [6.07, 6.45) is 1.70. The van der Waals surface area contributed by atoms with Crippen LogP contribution in [0.25, 0.3) is 0 Å². The first-order chi connectivity index (χ1) is 14.5.